The Hall–Kier alpha value is -0.790. The Morgan fingerprint density at radius 3 is 1.07 bits per heavy atom. The van der Waals surface area contributed by atoms with Crippen LogP contribution in [0.25, 0.3) is 0 Å². The molecule has 0 heterocycles. The van der Waals surface area contributed by atoms with Gasteiger partial charge in [0, 0.05) is 19.5 Å². The molecule has 0 rings (SSSR count). The molecule has 0 aliphatic rings. The molecule has 40 heavy (non-hydrogen) atoms. The normalized spacial score (nSPS) is 11.6. The zero-order valence-electron chi connectivity index (χ0n) is 28.1. The van der Waals surface area contributed by atoms with Gasteiger partial charge in [-0.3, -0.25) is 4.79 Å². The van der Waals surface area contributed by atoms with Crippen LogP contribution in [0.1, 0.15) is 213 Å². The molecule has 2 nitrogen and oxygen atoms in total. The van der Waals surface area contributed by atoms with Crippen molar-refractivity contribution in [2.24, 2.45) is 0 Å². The summed E-state index contributed by atoms with van der Waals surface area (Å²) in [6.45, 7) is 8.85. The molecule has 0 aromatic heterocycles. The number of amides is 1. The van der Waals surface area contributed by atoms with Gasteiger partial charge in [-0.15, -0.1) is 0 Å². The summed E-state index contributed by atoms with van der Waals surface area (Å²) < 4.78 is 0. The van der Waals surface area contributed by atoms with E-state index >= 15 is 0 Å². The van der Waals surface area contributed by atoms with Crippen molar-refractivity contribution in [2.75, 3.05) is 13.1 Å². The number of carbonyl (C=O) groups excluding carboxylic acids is 1. The van der Waals surface area contributed by atoms with Crippen molar-refractivity contribution in [2.45, 2.75) is 213 Å². The van der Waals surface area contributed by atoms with Crippen LogP contribution in [0.2, 0.25) is 0 Å². The van der Waals surface area contributed by atoms with Gasteiger partial charge in [-0.25, -0.2) is 0 Å². The second kappa shape index (κ2) is 34.4. The standard InChI is InChI=1S/C38H75NO/c1-4-7-10-13-16-19-20-21-22-23-24-25-26-29-32-35-38(40)39(36-33-30-27-17-14-11-8-5-2)37-34-31-28-18-15-12-9-6-3/h21-22H,4-20,23-37H2,1-3H3. The molecular formula is C38H75NO. The number of hydrogen-bond donors (Lipinski definition) is 0. The highest BCUT2D eigenvalue weighted by Crippen LogP contribution is 2.14. The summed E-state index contributed by atoms with van der Waals surface area (Å²) in [5.41, 5.74) is 0. The van der Waals surface area contributed by atoms with E-state index < -0.39 is 0 Å². The van der Waals surface area contributed by atoms with Crippen molar-refractivity contribution < 1.29 is 4.79 Å². The van der Waals surface area contributed by atoms with Crippen LogP contribution < -0.4 is 0 Å². The first kappa shape index (κ1) is 39.2. The smallest absolute Gasteiger partial charge is 0.222 e. The highest BCUT2D eigenvalue weighted by molar-refractivity contribution is 5.76. The topological polar surface area (TPSA) is 20.3 Å². The Bertz CT molecular complexity index is 494. The van der Waals surface area contributed by atoms with E-state index in [4.69, 9.17) is 0 Å². The number of nitrogens with zero attached hydrogens (tertiary/aromatic N) is 1. The lowest BCUT2D eigenvalue weighted by Crippen LogP contribution is -2.32. The van der Waals surface area contributed by atoms with Gasteiger partial charge in [0.2, 0.25) is 5.91 Å². The third-order valence-electron chi connectivity index (χ3n) is 8.57. The van der Waals surface area contributed by atoms with E-state index in [1.165, 1.54) is 180 Å². The van der Waals surface area contributed by atoms with Crippen LogP contribution in [0.3, 0.4) is 0 Å². The zero-order chi connectivity index (χ0) is 29.2. The number of allylic oxidation sites excluding steroid dienone is 2. The van der Waals surface area contributed by atoms with E-state index in [0.29, 0.717) is 5.91 Å². The first-order chi connectivity index (χ1) is 19.8. The fourth-order valence-electron chi connectivity index (χ4n) is 5.74. The summed E-state index contributed by atoms with van der Waals surface area (Å²) in [6.07, 6.45) is 44.1. The molecule has 0 fully saturated rings. The summed E-state index contributed by atoms with van der Waals surface area (Å²) in [7, 11) is 0. The molecule has 0 spiro atoms. The summed E-state index contributed by atoms with van der Waals surface area (Å²) in [6, 6.07) is 0. The predicted octanol–water partition coefficient (Wildman–Crippen LogP) is 13.1. The van der Waals surface area contributed by atoms with Crippen LogP contribution >= 0.6 is 0 Å². The maximum Gasteiger partial charge on any atom is 0.222 e. The van der Waals surface area contributed by atoms with Crippen LogP contribution in [0.4, 0.5) is 0 Å². The van der Waals surface area contributed by atoms with Crippen molar-refractivity contribution in [3.63, 3.8) is 0 Å². The largest absolute Gasteiger partial charge is 0.343 e. The fourth-order valence-corrected chi connectivity index (χ4v) is 5.74. The number of hydrogen-bond acceptors (Lipinski definition) is 1. The van der Waals surface area contributed by atoms with Gasteiger partial charge in [0.1, 0.15) is 0 Å². The molecule has 0 atom stereocenters. The van der Waals surface area contributed by atoms with E-state index in [-0.39, 0.29) is 0 Å². The number of unbranched alkanes of at least 4 members (excludes halogenated alkanes) is 25. The van der Waals surface area contributed by atoms with E-state index in [2.05, 4.69) is 37.8 Å². The molecule has 0 saturated heterocycles. The number of carbonyl (C=O) groups is 1. The Morgan fingerprint density at radius 1 is 0.400 bits per heavy atom. The van der Waals surface area contributed by atoms with E-state index in [1.807, 2.05) is 0 Å². The molecule has 0 aromatic rings. The van der Waals surface area contributed by atoms with Crippen molar-refractivity contribution in [1.29, 1.82) is 0 Å². The average Bonchev–Trinajstić information content (AvgIpc) is 2.96. The highest BCUT2D eigenvalue weighted by Gasteiger charge is 2.12. The van der Waals surface area contributed by atoms with Gasteiger partial charge in [0.05, 0.1) is 0 Å². The molecule has 0 N–H and O–H groups in total. The Kier molecular flexibility index (Phi) is 33.7. The first-order valence-electron chi connectivity index (χ1n) is 18.7. The monoisotopic (exact) mass is 562 g/mol. The van der Waals surface area contributed by atoms with Crippen LogP contribution in [0.5, 0.6) is 0 Å². The van der Waals surface area contributed by atoms with Crippen molar-refractivity contribution >= 4 is 5.91 Å². The van der Waals surface area contributed by atoms with E-state index in [0.717, 1.165) is 25.9 Å². The first-order valence-corrected chi connectivity index (χ1v) is 18.7. The zero-order valence-corrected chi connectivity index (χ0v) is 28.1. The SMILES string of the molecule is CCCCCCCCC=CCCCCCCCC(=O)N(CCCCCCCCCC)CCCCCCCCCC. The lowest BCUT2D eigenvalue weighted by atomic mass is 10.1. The third-order valence-corrected chi connectivity index (χ3v) is 8.57. The van der Waals surface area contributed by atoms with Crippen LogP contribution in [-0.4, -0.2) is 23.9 Å². The maximum atomic E-state index is 13.1. The molecule has 1 amide bonds. The van der Waals surface area contributed by atoms with Crippen molar-refractivity contribution in [3.8, 4) is 0 Å². The van der Waals surface area contributed by atoms with Gasteiger partial charge in [-0.2, -0.15) is 0 Å². The molecule has 0 unspecified atom stereocenters. The van der Waals surface area contributed by atoms with E-state index in [9.17, 15) is 4.79 Å². The molecule has 0 aliphatic carbocycles. The summed E-state index contributed by atoms with van der Waals surface area (Å²) in [5.74, 6) is 0.434. The Balaban J connectivity index is 3.98. The summed E-state index contributed by atoms with van der Waals surface area (Å²) in [4.78, 5) is 15.3. The van der Waals surface area contributed by atoms with Gasteiger partial charge in [0.25, 0.3) is 0 Å². The molecule has 0 radical (unpaired) electrons. The summed E-state index contributed by atoms with van der Waals surface area (Å²) in [5, 5.41) is 0. The molecule has 0 aromatic carbocycles. The fraction of sp³-hybridized carbons (Fsp3) is 0.921. The van der Waals surface area contributed by atoms with Crippen LogP contribution in [0.15, 0.2) is 12.2 Å². The molecule has 0 bridgehead atoms. The average molecular weight is 562 g/mol. The molecule has 0 saturated carbocycles. The Morgan fingerprint density at radius 2 is 0.700 bits per heavy atom. The second-order valence-corrected chi connectivity index (χ2v) is 12.7. The van der Waals surface area contributed by atoms with E-state index in [1.54, 1.807) is 0 Å². The van der Waals surface area contributed by atoms with Gasteiger partial charge < -0.3 is 4.90 Å². The minimum absolute atomic E-state index is 0.434. The third kappa shape index (κ3) is 30.2. The molecular weight excluding hydrogens is 486 g/mol. The second-order valence-electron chi connectivity index (χ2n) is 12.7. The minimum Gasteiger partial charge on any atom is -0.343 e. The van der Waals surface area contributed by atoms with Crippen molar-refractivity contribution in [3.05, 3.63) is 12.2 Å². The van der Waals surface area contributed by atoms with Crippen LogP contribution in [0, 0.1) is 0 Å². The minimum atomic E-state index is 0.434. The lowest BCUT2D eigenvalue weighted by molar-refractivity contribution is -0.131. The van der Waals surface area contributed by atoms with Gasteiger partial charge in [-0.1, -0.05) is 174 Å². The van der Waals surface area contributed by atoms with Gasteiger partial charge in [0.15, 0.2) is 0 Å². The van der Waals surface area contributed by atoms with Crippen molar-refractivity contribution in [1.82, 2.24) is 4.90 Å². The van der Waals surface area contributed by atoms with Gasteiger partial charge in [-0.05, 0) is 44.9 Å². The van der Waals surface area contributed by atoms with Gasteiger partial charge >= 0.3 is 0 Å². The highest BCUT2D eigenvalue weighted by atomic mass is 16.2. The maximum absolute atomic E-state index is 13.1. The summed E-state index contributed by atoms with van der Waals surface area (Å²) >= 11 is 0. The number of rotatable bonds is 33. The molecule has 2 heteroatoms. The Labute approximate surface area is 253 Å². The lowest BCUT2D eigenvalue weighted by Gasteiger charge is -2.23. The quantitative estimate of drug-likeness (QED) is 0.0576. The molecule has 0 aliphatic heterocycles. The predicted molar refractivity (Wildman–Crippen MR) is 181 cm³/mol. The molecule has 238 valence electrons. The van der Waals surface area contributed by atoms with Crippen LogP contribution in [-0.2, 0) is 4.79 Å².